The number of nitrogens with zero attached hydrogens (tertiary/aromatic N) is 1. The molecule has 3 rings (SSSR count). The molecule has 2 aromatic rings. The molecule has 0 atom stereocenters. The molecule has 0 aliphatic carbocycles. The van der Waals surface area contributed by atoms with E-state index in [1.807, 2.05) is 24.3 Å². The van der Waals surface area contributed by atoms with Crippen LogP contribution in [0, 0.1) is 0 Å². The molecule has 1 aliphatic heterocycles. The van der Waals surface area contributed by atoms with E-state index < -0.39 is 0 Å². The molecule has 2 heterocycles. The van der Waals surface area contributed by atoms with E-state index in [2.05, 4.69) is 4.98 Å². The summed E-state index contributed by atoms with van der Waals surface area (Å²) in [5, 5.41) is 0.953. The summed E-state index contributed by atoms with van der Waals surface area (Å²) in [6, 6.07) is 7.81. The largest absolute Gasteiger partial charge is 0.483 e. The SMILES string of the molecule is Nc1cnc2ccccc2c1OC1COC1. The molecule has 0 unspecified atom stereocenters. The molecule has 4 nitrogen and oxygen atoms in total. The van der Waals surface area contributed by atoms with Crippen LogP contribution in [0.5, 0.6) is 5.75 Å². The van der Waals surface area contributed by atoms with Gasteiger partial charge in [-0.2, -0.15) is 0 Å². The van der Waals surface area contributed by atoms with Crippen molar-refractivity contribution in [1.82, 2.24) is 4.98 Å². The van der Waals surface area contributed by atoms with Gasteiger partial charge in [-0.05, 0) is 12.1 Å². The van der Waals surface area contributed by atoms with Crippen molar-refractivity contribution in [2.24, 2.45) is 0 Å². The van der Waals surface area contributed by atoms with Crippen molar-refractivity contribution in [2.75, 3.05) is 18.9 Å². The molecule has 1 saturated heterocycles. The van der Waals surface area contributed by atoms with E-state index in [0.29, 0.717) is 18.9 Å². The smallest absolute Gasteiger partial charge is 0.153 e. The summed E-state index contributed by atoms with van der Waals surface area (Å²) in [6.45, 7) is 1.27. The zero-order chi connectivity index (χ0) is 11.0. The number of ether oxygens (including phenoxy) is 2. The third-order valence-electron chi connectivity index (χ3n) is 2.65. The predicted octanol–water partition coefficient (Wildman–Crippen LogP) is 1.59. The number of aromatic nitrogens is 1. The number of rotatable bonds is 2. The number of fused-ring (bicyclic) bond motifs is 1. The Morgan fingerprint density at radius 2 is 2.12 bits per heavy atom. The van der Waals surface area contributed by atoms with Gasteiger partial charge in [-0.15, -0.1) is 0 Å². The lowest BCUT2D eigenvalue weighted by Crippen LogP contribution is -2.38. The van der Waals surface area contributed by atoms with E-state index in [1.54, 1.807) is 6.20 Å². The lowest BCUT2D eigenvalue weighted by atomic mass is 10.2. The maximum absolute atomic E-state index is 5.89. The zero-order valence-corrected chi connectivity index (χ0v) is 8.72. The highest BCUT2D eigenvalue weighted by Gasteiger charge is 2.22. The van der Waals surface area contributed by atoms with Crippen LogP contribution >= 0.6 is 0 Å². The summed E-state index contributed by atoms with van der Waals surface area (Å²) >= 11 is 0. The van der Waals surface area contributed by atoms with Gasteiger partial charge in [0.05, 0.1) is 30.6 Å². The van der Waals surface area contributed by atoms with Crippen molar-refractivity contribution >= 4 is 16.6 Å². The van der Waals surface area contributed by atoms with E-state index in [0.717, 1.165) is 16.7 Å². The molecule has 1 aromatic heterocycles. The van der Waals surface area contributed by atoms with Gasteiger partial charge >= 0.3 is 0 Å². The summed E-state index contributed by atoms with van der Waals surface area (Å²) in [6.07, 6.45) is 1.75. The lowest BCUT2D eigenvalue weighted by Gasteiger charge is -2.27. The topological polar surface area (TPSA) is 57.4 Å². The number of para-hydroxylation sites is 1. The van der Waals surface area contributed by atoms with Gasteiger partial charge < -0.3 is 15.2 Å². The highest BCUT2D eigenvalue weighted by Crippen LogP contribution is 2.31. The highest BCUT2D eigenvalue weighted by atomic mass is 16.6. The number of anilines is 1. The molecular weight excluding hydrogens is 204 g/mol. The number of pyridine rings is 1. The maximum atomic E-state index is 5.89. The highest BCUT2D eigenvalue weighted by molar-refractivity contribution is 5.89. The van der Waals surface area contributed by atoms with E-state index in [9.17, 15) is 0 Å². The van der Waals surface area contributed by atoms with Crippen LogP contribution in [0.1, 0.15) is 0 Å². The lowest BCUT2D eigenvalue weighted by molar-refractivity contribution is -0.0788. The fourth-order valence-corrected chi connectivity index (χ4v) is 1.71. The van der Waals surface area contributed by atoms with Gasteiger partial charge in [0.1, 0.15) is 6.10 Å². The van der Waals surface area contributed by atoms with Crippen LogP contribution in [-0.2, 0) is 4.74 Å². The Labute approximate surface area is 93.0 Å². The van der Waals surface area contributed by atoms with Gasteiger partial charge in [0.25, 0.3) is 0 Å². The fourth-order valence-electron chi connectivity index (χ4n) is 1.71. The molecule has 4 heteroatoms. The molecule has 0 saturated carbocycles. The molecular formula is C12H12N2O2. The average Bonchev–Trinajstić information content (AvgIpc) is 2.25. The molecule has 0 spiro atoms. The fraction of sp³-hybridized carbons (Fsp3) is 0.250. The second kappa shape index (κ2) is 3.64. The van der Waals surface area contributed by atoms with Crippen molar-refractivity contribution < 1.29 is 9.47 Å². The van der Waals surface area contributed by atoms with Crippen molar-refractivity contribution in [2.45, 2.75) is 6.10 Å². The Balaban J connectivity index is 2.08. The number of hydrogen-bond acceptors (Lipinski definition) is 4. The van der Waals surface area contributed by atoms with Gasteiger partial charge in [0.2, 0.25) is 0 Å². The monoisotopic (exact) mass is 216 g/mol. The minimum Gasteiger partial charge on any atom is -0.483 e. The molecule has 0 amide bonds. The van der Waals surface area contributed by atoms with Crippen molar-refractivity contribution in [3.63, 3.8) is 0 Å². The normalized spacial score (nSPS) is 16.0. The quantitative estimate of drug-likeness (QED) is 0.828. The number of hydrogen-bond donors (Lipinski definition) is 1. The van der Waals surface area contributed by atoms with Crippen LogP contribution in [0.4, 0.5) is 5.69 Å². The van der Waals surface area contributed by atoms with Crippen LogP contribution in [-0.4, -0.2) is 24.3 Å². The molecule has 0 radical (unpaired) electrons. The van der Waals surface area contributed by atoms with Crippen molar-refractivity contribution in [3.8, 4) is 5.75 Å². The molecule has 1 aliphatic rings. The zero-order valence-electron chi connectivity index (χ0n) is 8.72. The number of nitrogen functional groups attached to an aromatic ring is 1. The Hall–Kier alpha value is -1.81. The summed E-state index contributed by atoms with van der Waals surface area (Å²) < 4.78 is 10.9. The molecule has 1 fully saturated rings. The van der Waals surface area contributed by atoms with Crippen LogP contribution in [0.25, 0.3) is 10.9 Å². The standard InChI is InChI=1S/C12H12N2O2/c13-10-5-14-11-4-2-1-3-9(11)12(10)16-8-6-15-7-8/h1-5,8H,6-7,13H2. The molecule has 0 bridgehead atoms. The minimum atomic E-state index is 0.119. The summed E-state index contributed by atoms with van der Waals surface area (Å²) in [5.74, 6) is 0.721. The summed E-state index contributed by atoms with van der Waals surface area (Å²) in [7, 11) is 0. The Kier molecular flexibility index (Phi) is 2.15. The molecule has 2 N–H and O–H groups in total. The van der Waals surface area contributed by atoms with Crippen LogP contribution in [0.3, 0.4) is 0 Å². The van der Waals surface area contributed by atoms with Gasteiger partial charge in [0.15, 0.2) is 5.75 Å². The number of nitrogens with two attached hydrogens (primary N) is 1. The van der Waals surface area contributed by atoms with E-state index in [1.165, 1.54) is 0 Å². The van der Waals surface area contributed by atoms with E-state index >= 15 is 0 Å². The first-order valence-corrected chi connectivity index (χ1v) is 5.22. The van der Waals surface area contributed by atoms with Gasteiger partial charge in [-0.25, -0.2) is 0 Å². The van der Waals surface area contributed by atoms with Gasteiger partial charge in [-0.1, -0.05) is 12.1 Å². The molecule has 82 valence electrons. The Morgan fingerprint density at radius 1 is 1.31 bits per heavy atom. The average molecular weight is 216 g/mol. The first kappa shape index (κ1) is 9.42. The third kappa shape index (κ3) is 1.47. The van der Waals surface area contributed by atoms with Crippen LogP contribution < -0.4 is 10.5 Å². The molecule has 1 aromatic carbocycles. The summed E-state index contributed by atoms with van der Waals surface area (Å²) in [5.41, 5.74) is 7.36. The van der Waals surface area contributed by atoms with Crippen molar-refractivity contribution in [1.29, 1.82) is 0 Å². The predicted molar refractivity (Wildman–Crippen MR) is 61.4 cm³/mol. The second-order valence-electron chi connectivity index (χ2n) is 3.84. The van der Waals surface area contributed by atoms with Gasteiger partial charge in [0, 0.05) is 5.39 Å². The third-order valence-corrected chi connectivity index (χ3v) is 2.65. The van der Waals surface area contributed by atoms with Crippen LogP contribution in [0.15, 0.2) is 30.5 Å². The Bertz CT molecular complexity index is 523. The van der Waals surface area contributed by atoms with Crippen molar-refractivity contribution in [3.05, 3.63) is 30.5 Å². The van der Waals surface area contributed by atoms with Gasteiger partial charge in [-0.3, -0.25) is 4.98 Å². The number of benzene rings is 1. The van der Waals surface area contributed by atoms with E-state index in [-0.39, 0.29) is 6.10 Å². The summed E-state index contributed by atoms with van der Waals surface area (Å²) in [4.78, 5) is 4.26. The van der Waals surface area contributed by atoms with Crippen LogP contribution in [0.2, 0.25) is 0 Å². The minimum absolute atomic E-state index is 0.119. The van der Waals surface area contributed by atoms with E-state index in [4.69, 9.17) is 15.2 Å². The molecule has 16 heavy (non-hydrogen) atoms. The first-order chi connectivity index (χ1) is 7.84. The maximum Gasteiger partial charge on any atom is 0.153 e. The first-order valence-electron chi connectivity index (χ1n) is 5.22. The Morgan fingerprint density at radius 3 is 2.88 bits per heavy atom. The second-order valence-corrected chi connectivity index (χ2v) is 3.84.